The molecule has 0 spiro atoms. The molecule has 0 fully saturated rings. The van der Waals surface area contributed by atoms with Crippen LogP contribution in [-0.4, -0.2) is 86.5 Å². The molecule has 0 aliphatic carbocycles. The molecule has 0 saturated carbocycles. The molecule has 0 saturated heterocycles. The number of hydrogen-bond acceptors (Lipinski definition) is 6. The Bertz CT molecular complexity index is 570. The Morgan fingerprint density at radius 2 is 1.00 bits per heavy atom. The van der Waals surface area contributed by atoms with Gasteiger partial charge in [-0.25, -0.2) is 9.53 Å². The van der Waals surface area contributed by atoms with Gasteiger partial charge >= 0.3 is 33.3 Å². The Hall–Kier alpha value is 0.419. The predicted molar refractivity (Wildman–Crippen MR) is 124 cm³/mol. The van der Waals surface area contributed by atoms with Crippen LogP contribution in [0.5, 0.6) is 0 Å². The third-order valence-electron chi connectivity index (χ3n) is 3.29. The summed E-state index contributed by atoms with van der Waals surface area (Å²) in [5, 5.41) is 0. The maximum atomic E-state index is 4.85. The summed E-state index contributed by atoms with van der Waals surface area (Å²) in [4.78, 5) is 4.74. The van der Waals surface area contributed by atoms with E-state index >= 15 is 0 Å². The molecule has 0 N–H and O–H groups in total. The maximum absolute atomic E-state index is 4.85. The van der Waals surface area contributed by atoms with Crippen LogP contribution in [0.2, 0.25) is 0 Å². The van der Waals surface area contributed by atoms with Crippen LogP contribution in [0.4, 0.5) is 0 Å². The van der Waals surface area contributed by atoms with E-state index in [0.717, 1.165) is 22.8 Å². The van der Waals surface area contributed by atoms with Gasteiger partial charge in [-0.1, -0.05) is 12.1 Å². The number of halogens is 2. The molecule has 1 heterocycles. The average molecular weight is 511 g/mol. The third kappa shape index (κ3) is 9.95. The van der Waals surface area contributed by atoms with Crippen LogP contribution in [0.1, 0.15) is 25.2 Å². The van der Waals surface area contributed by atoms with E-state index in [4.69, 9.17) is 34.7 Å². The SMILES string of the molecule is C/C(=N\P(N(C)C)N(C)C)c1ccc(/C(C)=N/P(N(C)C)N(C)C)[n-]1.[Cl][Fe+][Cl]. The second kappa shape index (κ2) is 14.4. The minimum absolute atomic E-state index is 0.194. The van der Waals surface area contributed by atoms with Gasteiger partial charge in [-0.05, 0) is 70.2 Å². The van der Waals surface area contributed by atoms with Gasteiger partial charge in [0.15, 0.2) is 16.7 Å². The number of nitrogens with zero attached hydrogens (tertiary/aromatic N) is 7. The molecule has 28 heavy (non-hydrogen) atoms. The van der Waals surface area contributed by atoms with Crippen LogP contribution in [0.25, 0.3) is 0 Å². The van der Waals surface area contributed by atoms with E-state index in [2.05, 4.69) is 18.7 Å². The Kier molecular flexibility index (Phi) is 14.6. The minimum atomic E-state index is -0.705. The molecule has 0 bridgehead atoms. The van der Waals surface area contributed by atoms with Gasteiger partial charge in [-0.3, -0.25) is 18.7 Å². The number of rotatable bonds is 8. The zero-order chi connectivity index (χ0) is 22.0. The van der Waals surface area contributed by atoms with Gasteiger partial charge in [0.05, 0.1) is 0 Å². The summed E-state index contributed by atoms with van der Waals surface area (Å²) in [5.41, 5.74) is 3.74. The van der Waals surface area contributed by atoms with Crippen LogP contribution in [-0.2, 0) is 13.1 Å². The first-order chi connectivity index (χ1) is 13.0. The molecule has 1 aromatic rings. The Balaban J connectivity index is 0.00000227. The molecule has 12 heteroatoms. The van der Waals surface area contributed by atoms with Gasteiger partial charge in [0.1, 0.15) is 0 Å². The fraction of sp³-hybridized carbons (Fsp3) is 0.625. The first-order valence-corrected chi connectivity index (χ1v) is 13.8. The summed E-state index contributed by atoms with van der Waals surface area (Å²) in [5.74, 6) is 0. The van der Waals surface area contributed by atoms with Crippen molar-refractivity contribution in [3.63, 3.8) is 0 Å². The number of hydrogen-bond donors (Lipinski definition) is 0. The zero-order valence-corrected chi connectivity index (χ0v) is 22.7. The van der Waals surface area contributed by atoms with Crippen molar-refractivity contribution < 1.29 is 13.1 Å². The van der Waals surface area contributed by atoms with Crippen molar-refractivity contribution in [3.05, 3.63) is 23.5 Å². The van der Waals surface area contributed by atoms with E-state index in [9.17, 15) is 0 Å². The standard InChI is InChI=1S/C16H32N7P2.2ClH.Fe/c1-13(18-24(20(3)4)21(5)6)15-11-12-16(17-15)14(2)19-25(22(7)8)23(9)10;;;/h11-12H,1-10H3;2*1H;/q-1;;;+3/p-2/b18-13+,19-14+;;;. The van der Waals surface area contributed by atoms with Gasteiger partial charge in [0, 0.05) is 11.4 Å². The molecule has 0 aliphatic heterocycles. The molecule has 1 aromatic heterocycles. The fourth-order valence-corrected chi connectivity index (χ4v) is 5.10. The molecule has 0 atom stereocenters. The van der Waals surface area contributed by atoms with Crippen molar-refractivity contribution in [2.45, 2.75) is 13.8 Å². The van der Waals surface area contributed by atoms with Crippen molar-refractivity contribution in [1.29, 1.82) is 0 Å². The fourth-order valence-electron chi connectivity index (χ4n) is 2.21. The summed E-state index contributed by atoms with van der Waals surface area (Å²) in [6, 6.07) is 4.05. The van der Waals surface area contributed by atoms with Crippen molar-refractivity contribution in [1.82, 2.24) is 23.7 Å². The molecule has 1 rings (SSSR count). The molecular formula is C16H32Cl2FeN7P2. The topological polar surface area (TPSA) is 51.8 Å². The monoisotopic (exact) mass is 510 g/mol. The summed E-state index contributed by atoms with van der Waals surface area (Å²) < 4.78 is 18.3. The summed E-state index contributed by atoms with van der Waals surface area (Å²) in [6.45, 7) is 4.04. The van der Waals surface area contributed by atoms with Gasteiger partial charge in [0.2, 0.25) is 0 Å². The molecule has 0 aliphatic rings. The van der Waals surface area contributed by atoms with Crippen molar-refractivity contribution in [2.75, 3.05) is 56.4 Å². The van der Waals surface area contributed by atoms with Gasteiger partial charge in [-0.2, -0.15) is 0 Å². The molecule has 0 unspecified atom stereocenters. The van der Waals surface area contributed by atoms with Gasteiger partial charge in [-0.15, -0.1) is 11.4 Å². The van der Waals surface area contributed by atoms with Crippen molar-refractivity contribution >= 4 is 48.4 Å². The van der Waals surface area contributed by atoms with Gasteiger partial charge in [0.25, 0.3) is 0 Å². The third-order valence-corrected chi connectivity index (χ3v) is 7.11. The molecule has 0 amide bonds. The molecule has 7 nitrogen and oxygen atoms in total. The van der Waals surface area contributed by atoms with E-state index in [-0.39, 0.29) is 13.1 Å². The number of aromatic nitrogens is 1. The Morgan fingerprint density at radius 3 is 1.21 bits per heavy atom. The summed E-state index contributed by atoms with van der Waals surface area (Å²) >= 11 is 0.194. The van der Waals surface area contributed by atoms with Crippen LogP contribution in [0.3, 0.4) is 0 Å². The van der Waals surface area contributed by atoms with Crippen LogP contribution >= 0.6 is 36.9 Å². The van der Waals surface area contributed by atoms with E-state index in [1.54, 1.807) is 0 Å². The van der Waals surface area contributed by atoms with Crippen LogP contribution in [0, 0.1) is 0 Å². The van der Waals surface area contributed by atoms with E-state index < -0.39 is 16.7 Å². The van der Waals surface area contributed by atoms with E-state index in [1.165, 1.54) is 0 Å². The second-order valence-electron chi connectivity index (χ2n) is 6.56. The summed E-state index contributed by atoms with van der Waals surface area (Å²) in [6.07, 6.45) is 0. The molecule has 0 radical (unpaired) electrons. The summed E-state index contributed by atoms with van der Waals surface area (Å²) in [7, 11) is 24.5. The zero-order valence-electron chi connectivity index (χ0n) is 18.3. The first-order valence-electron chi connectivity index (χ1n) is 8.35. The van der Waals surface area contributed by atoms with Crippen LogP contribution in [0.15, 0.2) is 21.7 Å². The Morgan fingerprint density at radius 1 is 0.750 bits per heavy atom. The van der Waals surface area contributed by atoms with Gasteiger partial charge < -0.3 is 4.98 Å². The normalized spacial score (nSPS) is 13.4. The second-order valence-corrected chi connectivity index (χ2v) is 13.1. The first kappa shape index (κ1) is 28.4. The van der Waals surface area contributed by atoms with Crippen LogP contribution < -0.4 is 4.98 Å². The molecule has 0 aromatic carbocycles. The predicted octanol–water partition coefficient (Wildman–Crippen LogP) is 4.34. The molecule has 163 valence electrons. The molecular weight excluding hydrogens is 479 g/mol. The van der Waals surface area contributed by atoms with E-state index in [0.29, 0.717) is 0 Å². The van der Waals surface area contributed by atoms with Crippen molar-refractivity contribution in [2.24, 2.45) is 9.53 Å². The van der Waals surface area contributed by atoms with E-state index in [1.807, 2.05) is 82.4 Å². The quantitative estimate of drug-likeness (QED) is 0.296. The average Bonchev–Trinajstić information content (AvgIpc) is 3.06. The Labute approximate surface area is 188 Å². The van der Waals surface area contributed by atoms with Crippen molar-refractivity contribution in [3.8, 4) is 0 Å².